The van der Waals surface area contributed by atoms with Gasteiger partial charge in [-0.1, -0.05) is 91.9 Å². The Labute approximate surface area is 234 Å². The van der Waals surface area contributed by atoms with Crippen LogP contribution in [0.15, 0.2) is 0 Å². The minimum absolute atomic E-state index is 0.174. The number of nitrogens with one attached hydrogen (secondary N) is 2. The van der Waals surface area contributed by atoms with Gasteiger partial charge in [0.1, 0.15) is 30.4 Å². The first-order valence-corrected chi connectivity index (χ1v) is 15.1. The predicted molar refractivity (Wildman–Crippen MR) is 149 cm³/mol. The number of hydrogen-bond acceptors (Lipinski definition) is 8. The molecule has 1 rings (SSSR count). The lowest BCUT2D eigenvalue weighted by Crippen LogP contribution is -2.65. The van der Waals surface area contributed by atoms with E-state index < -0.39 is 55.2 Å². The molecule has 1 aliphatic heterocycles. The highest BCUT2D eigenvalue weighted by Crippen LogP contribution is 2.23. The van der Waals surface area contributed by atoms with E-state index in [1.165, 1.54) is 51.4 Å². The zero-order chi connectivity index (χ0) is 29.2. The number of carbonyl (C=O) groups is 3. The Morgan fingerprint density at radius 2 is 1.36 bits per heavy atom. The molecular formula is C29H54N2O8. The van der Waals surface area contributed by atoms with Crippen molar-refractivity contribution in [2.75, 3.05) is 6.61 Å². The summed E-state index contributed by atoms with van der Waals surface area (Å²) in [4.78, 5) is 37.8. The summed E-state index contributed by atoms with van der Waals surface area (Å²) in [5.74, 6) is -1.72. The Morgan fingerprint density at radius 1 is 0.795 bits per heavy atom. The first-order valence-electron chi connectivity index (χ1n) is 15.1. The van der Waals surface area contributed by atoms with Crippen LogP contribution in [0.4, 0.5) is 0 Å². The second-order valence-electron chi connectivity index (χ2n) is 11.1. The highest BCUT2D eigenvalue weighted by molar-refractivity contribution is 5.84. The molecule has 10 heteroatoms. The lowest BCUT2D eigenvalue weighted by atomic mass is 9.96. The van der Waals surface area contributed by atoms with Crippen molar-refractivity contribution in [1.29, 1.82) is 0 Å². The van der Waals surface area contributed by atoms with Crippen LogP contribution in [-0.2, 0) is 23.9 Å². The summed E-state index contributed by atoms with van der Waals surface area (Å²) in [5.41, 5.74) is 0. The molecule has 2 amide bonds. The van der Waals surface area contributed by atoms with Gasteiger partial charge in [0.05, 0.1) is 6.61 Å². The Kier molecular flexibility index (Phi) is 18.2. The first kappa shape index (κ1) is 35.3. The molecule has 0 spiro atoms. The minimum atomic E-state index is -1.53. The number of hydrogen-bond donors (Lipinski definition) is 5. The molecule has 1 aliphatic rings. The van der Waals surface area contributed by atoms with E-state index in [1.807, 2.05) is 6.92 Å². The van der Waals surface area contributed by atoms with Crippen LogP contribution in [0.25, 0.3) is 0 Å². The van der Waals surface area contributed by atoms with Gasteiger partial charge in [0.15, 0.2) is 0 Å². The van der Waals surface area contributed by atoms with Crippen molar-refractivity contribution in [2.45, 2.75) is 154 Å². The highest BCUT2D eigenvalue weighted by Gasteiger charge is 2.47. The average molecular weight is 559 g/mol. The number of carbonyl (C=O) groups excluding carboxylic acids is 3. The number of rotatable bonds is 20. The van der Waals surface area contributed by atoms with Gasteiger partial charge in [0.2, 0.25) is 18.1 Å². The summed E-state index contributed by atoms with van der Waals surface area (Å²) in [6.07, 6.45) is 8.36. The normalized spacial score (nSPS) is 23.8. The molecule has 0 aliphatic carbocycles. The van der Waals surface area contributed by atoms with E-state index in [4.69, 9.17) is 9.47 Å². The molecule has 5 N–H and O–H groups in total. The smallest absolute Gasteiger partial charge is 0.331 e. The number of amides is 2. The third-order valence-corrected chi connectivity index (χ3v) is 7.16. The van der Waals surface area contributed by atoms with Crippen LogP contribution in [-0.4, -0.2) is 76.4 Å². The van der Waals surface area contributed by atoms with Crippen molar-refractivity contribution in [3.63, 3.8) is 0 Å². The predicted octanol–water partition coefficient (Wildman–Crippen LogP) is 3.10. The second kappa shape index (κ2) is 20.2. The molecule has 10 nitrogen and oxygen atoms in total. The number of aliphatic hydroxyl groups is 3. The fourth-order valence-electron chi connectivity index (χ4n) is 4.70. The van der Waals surface area contributed by atoms with Crippen LogP contribution in [0.1, 0.15) is 118 Å². The van der Waals surface area contributed by atoms with Gasteiger partial charge in [-0.2, -0.15) is 0 Å². The summed E-state index contributed by atoms with van der Waals surface area (Å²) < 4.78 is 11.0. The Balaban J connectivity index is 2.55. The van der Waals surface area contributed by atoms with Crippen molar-refractivity contribution in [3.05, 3.63) is 0 Å². The third-order valence-electron chi connectivity index (χ3n) is 7.16. The molecule has 1 saturated heterocycles. The van der Waals surface area contributed by atoms with Crippen molar-refractivity contribution < 1.29 is 39.2 Å². The summed E-state index contributed by atoms with van der Waals surface area (Å²) in [5, 5.41) is 35.6. The van der Waals surface area contributed by atoms with E-state index >= 15 is 0 Å². The van der Waals surface area contributed by atoms with Crippen molar-refractivity contribution in [3.8, 4) is 0 Å². The van der Waals surface area contributed by atoms with Gasteiger partial charge < -0.3 is 35.4 Å². The lowest BCUT2D eigenvalue weighted by Gasteiger charge is -2.42. The molecule has 0 aromatic rings. The van der Waals surface area contributed by atoms with Gasteiger partial charge >= 0.3 is 5.97 Å². The molecule has 0 aromatic heterocycles. The van der Waals surface area contributed by atoms with Gasteiger partial charge in [0.25, 0.3) is 0 Å². The number of unbranched alkanes of at least 4 members (excludes halogenated alkanes) is 10. The van der Waals surface area contributed by atoms with Gasteiger partial charge in [-0.25, -0.2) is 4.79 Å². The number of aliphatic hydroxyl groups excluding tert-OH is 3. The summed E-state index contributed by atoms with van der Waals surface area (Å²) >= 11 is 0. The fourth-order valence-corrected chi connectivity index (χ4v) is 4.70. The molecule has 0 bridgehead atoms. The van der Waals surface area contributed by atoms with E-state index in [9.17, 15) is 29.7 Å². The third kappa shape index (κ3) is 13.4. The lowest BCUT2D eigenvalue weighted by molar-refractivity contribution is -0.264. The maximum Gasteiger partial charge on any atom is 0.331 e. The fraction of sp³-hybridized carbons (Fsp3) is 0.897. The quantitative estimate of drug-likeness (QED) is 0.113. The zero-order valence-electron chi connectivity index (χ0n) is 24.5. The first-order chi connectivity index (χ1) is 18.7. The minimum Gasteiger partial charge on any atom is -0.432 e. The van der Waals surface area contributed by atoms with E-state index in [-0.39, 0.29) is 18.2 Å². The van der Waals surface area contributed by atoms with Gasteiger partial charge in [-0.05, 0) is 18.8 Å². The SMILES string of the molecule is CCCCCCCCCCCCCC(=O)NC(C(=O)O[C@H]1O[C@H](CO)[C@@H](O)[C@H](O)[C@H]1NC(=O)CCC)C(C)C. The van der Waals surface area contributed by atoms with Gasteiger partial charge in [-0.15, -0.1) is 0 Å². The second-order valence-corrected chi connectivity index (χ2v) is 11.1. The number of ether oxygens (including phenoxy) is 2. The maximum absolute atomic E-state index is 13.1. The molecule has 1 unspecified atom stereocenters. The van der Waals surface area contributed by atoms with Crippen molar-refractivity contribution in [2.24, 2.45) is 5.92 Å². The standard InChI is InChI=1S/C29H54N2O8/c1-5-7-8-9-10-11-12-13-14-15-16-18-23(34)30-24(20(3)4)28(37)39-29-25(31-22(33)17-6-2)27(36)26(35)21(19-32)38-29/h20-21,24-27,29,32,35-36H,5-19H2,1-4H3,(H,30,34)(H,31,33)/t21-,24?,25-,26-,27-,29-/m1/s1. The van der Waals surface area contributed by atoms with E-state index in [0.717, 1.165) is 19.3 Å². The van der Waals surface area contributed by atoms with Crippen LogP contribution in [0.5, 0.6) is 0 Å². The Hall–Kier alpha value is -1.75. The molecule has 0 radical (unpaired) electrons. The largest absolute Gasteiger partial charge is 0.432 e. The molecular weight excluding hydrogens is 504 g/mol. The number of esters is 1. The van der Waals surface area contributed by atoms with Gasteiger partial charge in [-0.3, -0.25) is 9.59 Å². The molecule has 0 saturated carbocycles. The van der Waals surface area contributed by atoms with Crippen LogP contribution < -0.4 is 10.6 Å². The van der Waals surface area contributed by atoms with E-state index in [0.29, 0.717) is 12.8 Å². The topological polar surface area (TPSA) is 154 Å². The molecule has 228 valence electrons. The molecule has 1 heterocycles. The molecule has 1 fully saturated rings. The maximum atomic E-state index is 13.1. The van der Waals surface area contributed by atoms with Crippen LogP contribution in [0.2, 0.25) is 0 Å². The molecule has 6 atom stereocenters. The van der Waals surface area contributed by atoms with Gasteiger partial charge in [0, 0.05) is 12.8 Å². The van der Waals surface area contributed by atoms with E-state index in [1.54, 1.807) is 13.8 Å². The van der Waals surface area contributed by atoms with Crippen LogP contribution in [0, 0.1) is 5.92 Å². The van der Waals surface area contributed by atoms with E-state index in [2.05, 4.69) is 17.6 Å². The Bertz CT molecular complexity index is 705. The van der Waals surface area contributed by atoms with Crippen LogP contribution in [0.3, 0.4) is 0 Å². The zero-order valence-corrected chi connectivity index (χ0v) is 24.5. The van der Waals surface area contributed by atoms with Crippen LogP contribution >= 0.6 is 0 Å². The summed E-state index contributed by atoms with van der Waals surface area (Å²) in [6, 6.07) is -2.19. The summed E-state index contributed by atoms with van der Waals surface area (Å²) in [7, 11) is 0. The average Bonchev–Trinajstić information content (AvgIpc) is 2.89. The Morgan fingerprint density at radius 3 is 1.87 bits per heavy atom. The monoisotopic (exact) mass is 558 g/mol. The summed E-state index contributed by atoms with van der Waals surface area (Å²) in [6.45, 7) is 6.96. The van der Waals surface area contributed by atoms with Crippen molar-refractivity contribution in [1.82, 2.24) is 10.6 Å². The van der Waals surface area contributed by atoms with Crippen molar-refractivity contribution >= 4 is 17.8 Å². The molecule has 0 aromatic carbocycles. The molecule has 39 heavy (non-hydrogen) atoms. The highest BCUT2D eigenvalue weighted by atomic mass is 16.7.